The molecule has 0 radical (unpaired) electrons. The van der Waals surface area contributed by atoms with Crippen LogP contribution in [-0.2, 0) is 25.5 Å². The number of methoxy groups -OCH3 is 1. The number of fused-ring (bicyclic) bond motifs is 3. The van der Waals surface area contributed by atoms with E-state index in [2.05, 4.69) is 11.0 Å². The van der Waals surface area contributed by atoms with Crippen LogP contribution >= 0.6 is 11.8 Å². The molecular weight excluding hydrogens is 558 g/mol. The molecule has 10 heteroatoms. The summed E-state index contributed by atoms with van der Waals surface area (Å²) in [5, 5.41) is 21.8. The number of ether oxygens (including phenoxy) is 4. The molecule has 2 N–H and O–H groups in total. The fourth-order valence-electron chi connectivity index (χ4n) is 7.01. The normalized spacial score (nSPS) is 26.4. The van der Waals surface area contributed by atoms with Gasteiger partial charge < -0.3 is 29.2 Å². The van der Waals surface area contributed by atoms with Gasteiger partial charge in [-0.1, -0.05) is 32.5 Å². The second-order valence-electron chi connectivity index (χ2n) is 13.8. The van der Waals surface area contributed by atoms with Gasteiger partial charge in [-0.25, -0.2) is 4.79 Å². The number of benzene rings is 1. The molecule has 3 aliphatic heterocycles. The van der Waals surface area contributed by atoms with Crippen LogP contribution in [0.2, 0.25) is 0 Å². The lowest BCUT2D eigenvalue weighted by Gasteiger charge is -2.39. The summed E-state index contributed by atoms with van der Waals surface area (Å²) in [6.07, 6.45) is 4.32. The Hall–Kier alpha value is -2.27. The SMILES string of the molecule is COC1=C[C@]23CCCN2CCc2cc4c(cc2[C@@H]3C1OC(=O)C(O)(CCCC(C)(C)O)CC(=O)SC(C)(C)C)OCO4. The Morgan fingerprint density at radius 1 is 1.10 bits per heavy atom. The van der Waals surface area contributed by atoms with Crippen LogP contribution in [0.25, 0.3) is 0 Å². The highest BCUT2D eigenvalue weighted by atomic mass is 32.2. The maximum Gasteiger partial charge on any atom is 0.339 e. The number of nitrogens with zero attached hydrogens (tertiary/aromatic N) is 1. The summed E-state index contributed by atoms with van der Waals surface area (Å²) in [6.45, 7) is 11.0. The van der Waals surface area contributed by atoms with E-state index in [-0.39, 0.29) is 35.4 Å². The summed E-state index contributed by atoms with van der Waals surface area (Å²) in [5.41, 5.74) is -1.29. The molecule has 4 atom stereocenters. The summed E-state index contributed by atoms with van der Waals surface area (Å²) in [7, 11) is 1.58. The maximum atomic E-state index is 14.1. The molecule has 0 bridgehead atoms. The van der Waals surface area contributed by atoms with Gasteiger partial charge in [0.15, 0.2) is 28.3 Å². The summed E-state index contributed by atoms with van der Waals surface area (Å²) in [6, 6.07) is 4.05. The van der Waals surface area contributed by atoms with Crippen molar-refractivity contribution in [1.82, 2.24) is 4.90 Å². The van der Waals surface area contributed by atoms with Crippen molar-refractivity contribution in [2.24, 2.45) is 0 Å². The van der Waals surface area contributed by atoms with Crippen LogP contribution in [-0.4, -0.2) is 80.8 Å². The van der Waals surface area contributed by atoms with Crippen molar-refractivity contribution < 1.29 is 38.7 Å². The second kappa shape index (κ2) is 11.3. The minimum Gasteiger partial charge on any atom is -0.497 e. The number of thioether (sulfide) groups is 1. The Morgan fingerprint density at radius 3 is 2.48 bits per heavy atom. The van der Waals surface area contributed by atoms with Crippen LogP contribution in [0.5, 0.6) is 11.5 Å². The average molecular weight is 604 g/mol. The third-order valence-electron chi connectivity index (χ3n) is 8.81. The molecule has 42 heavy (non-hydrogen) atoms. The van der Waals surface area contributed by atoms with E-state index in [9.17, 15) is 19.8 Å². The van der Waals surface area contributed by atoms with Gasteiger partial charge in [0.1, 0.15) is 5.76 Å². The molecule has 4 aliphatic rings. The van der Waals surface area contributed by atoms with Gasteiger partial charge in [-0.3, -0.25) is 9.69 Å². The summed E-state index contributed by atoms with van der Waals surface area (Å²) >= 11 is 1.10. The van der Waals surface area contributed by atoms with Gasteiger partial charge in [0, 0.05) is 11.3 Å². The highest BCUT2D eigenvalue weighted by molar-refractivity contribution is 8.14. The first-order valence-corrected chi connectivity index (χ1v) is 15.8. The number of hydrogen-bond donors (Lipinski definition) is 2. The predicted molar refractivity (Wildman–Crippen MR) is 160 cm³/mol. The van der Waals surface area contributed by atoms with Crippen molar-refractivity contribution in [3.63, 3.8) is 0 Å². The molecule has 3 heterocycles. The zero-order chi connectivity index (χ0) is 30.5. The van der Waals surface area contributed by atoms with E-state index >= 15 is 0 Å². The first-order valence-electron chi connectivity index (χ1n) is 15.0. The fraction of sp³-hybridized carbons (Fsp3) is 0.688. The molecule has 1 aromatic rings. The van der Waals surface area contributed by atoms with Crippen LogP contribution in [0.1, 0.15) is 90.2 Å². The molecule has 9 nitrogen and oxygen atoms in total. The highest BCUT2D eigenvalue weighted by Gasteiger charge is 2.59. The van der Waals surface area contributed by atoms with Gasteiger partial charge in [-0.15, -0.1) is 0 Å². The minimum absolute atomic E-state index is 0.0117. The first-order chi connectivity index (χ1) is 19.6. The number of carbonyl (C=O) groups is 2. The van der Waals surface area contributed by atoms with Gasteiger partial charge in [-0.05, 0) is 88.3 Å². The van der Waals surface area contributed by atoms with Gasteiger partial charge in [0.05, 0.1) is 30.6 Å². The van der Waals surface area contributed by atoms with Crippen molar-refractivity contribution in [2.75, 3.05) is 27.0 Å². The van der Waals surface area contributed by atoms with Crippen LogP contribution in [0.15, 0.2) is 24.0 Å². The number of rotatable bonds is 9. The van der Waals surface area contributed by atoms with Crippen molar-refractivity contribution in [1.29, 1.82) is 0 Å². The molecule has 232 valence electrons. The average Bonchev–Trinajstić information content (AvgIpc) is 3.55. The molecule has 1 aromatic carbocycles. The fourth-order valence-corrected chi connectivity index (χ4v) is 8.01. The summed E-state index contributed by atoms with van der Waals surface area (Å²) < 4.78 is 23.2. The maximum absolute atomic E-state index is 14.1. The molecule has 1 saturated heterocycles. The predicted octanol–water partition coefficient (Wildman–Crippen LogP) is 4.47. The van der Waals surface area contributed by atoms with Crippen LogP contribution in [0.3, 0.4) is 0 Å². The lowest BCUT2D eigenvalue weighted by atomic mass is 9.77. The molecule has 2 unspecified atom stereocenters. The number of hydrogen-bond acceptors (Lipinski definition) is 10. The lowest BCUT2D eigenvalue weighted by molar-refractivity contribution is -0.175. The molecule has 0 amide bonds. The van der Waals surface area contributed by atoms with E-state index < -0.39 is 28.8 Å². The van der Waals surface area contributed by atoms with Crippen LogP contribution in [0, 0.1) is 0 Å². The molecular formula is C32H45NO8S. The Kier molecular flexibility index (Phi) is 8.41. The van der Waals surface area contributed by atoms with Crippen molar-refractivity contribution in [3.8, 4) is 11.5 Å². The smallest absolute Gasteiger partial charge is 0.339 e. The zero-order valence-corrected chi connectivity index (χ0v) is 26.5. The van der Waals surface area contributed by atoms with E-state index in [4.69, 9.17) is 18.9 Å². The van der Waals surface area contributed by atoms with Gasteiger partial charge in [0.25, 0.3) is 0 Å². The monoisotopic (exact) mass is 603 g/mol. The summed E-state index contributed by atoms with van der Waals surface area (Å²) in [4.78, 5) is 29.6. The van der Waals surface area contributed by atoms with Crippen molar-refractivity contribution in [3.05, 3.63) is 35.1 Å². The topological polar surface area (TPSA) is 115 Å². The minimum atomic E-state index is -2.05. The molecule has 0 aromatic heterocycles. The van der Waals surface area contributed by atoms with E-state index in [0.717, 1.165) is 55.2 Å². The second-order valence-corrected chi connectivity index (χ2v) is 15.6. The van der Waals surface area contributed by atoms with Gasteiger partial charge in [-0.2, -0.15) is 0 Å². The Balaban J connectivity index is 1.49. The Labute approximate surface area is 252 Å². The molecule has 5 rings (SSSR count). The first kappa shape index (κ1) is 31.2. The van der Waals surface area contributed by atoms with E-state index in [1.54, 1.807) is 21.0 Å². The van der Waals surface area contributed by atoms with E-state index in [1.807, 2.05) is 32.9 Å². The van der Waals surface area contributed by atoms with Crippen molar-refractivity contribution >= 4 is 22.8 Å². The number of esters is 1. The number of aliphatic hydroxyl groups is 2. The molecule has 0 saturated carbocycles. The Bertz CT molecular complexity index is 1250. The quantitative estimate of drug-likeness (QED) is 0.392. The van der Waals surface area contributed by atoms with Gasteiger partial charge in [0.2, 0.25) is 6.79 Å². The zero-order valence-electron chi connectivity index (χ0n) is 25.7. The van der Waals surface area contributed by atoms with Crippen LogP contribution in [0.4, 0.5) is 0 Å². The Morgan fingerprint density at radius 2 is 1.81 bits per heavy atom. The molecule has 1 aliphatic carbocycles. The molecule has 1 spiro atoms. The van der Waals surface area contributed by atoms with E-state index in [1.165, 1.54) is 0 Å². The third-order valence-corrected chi connectivity index (χ3v) is 9.80. The third kappa shape index (κ3) is 6.18. The largest absolute Gasteiger partial charge is 0.497 e. The number of carbonyl (C=O) groups excluding carboxylic acids is 2. The highest BCUT2D eigenvalue weighted by Crippen LogP contribution is 2.55. The molecule has 1 fully saturated rings. The summed E-state index contributed by atoms with van der Waals surface area (Å²) in [5.74, 6) is 0.792. The van der Waals surface area contributed by atoms with Crippen LogP contribution < -0.4 is 9.47 Å². The van der Waals surface area contributed by atoms with E-state index in [0.29, 0.717) is 30.1 Å². The van der Waals surface area contributed by atoms with Gasteiger partial charge >= 0.3 is 5.97 Å². The lowest BCUT2D eigenvalue weighted by Crippen LogP contribution is -2.49. The standard InChI is InChI=1S/C32H45NO8S/c1-29(2,3)42-25(34)18-32(37,12-7-10-30(4,5)36)28(35)41-27-24(38-6)17-31-11-8-13-33(31)14-9-20-15-22-23(40-19-39-22)16-21(20)26(27)31/h15-17,26-27,36-37H,7-14,18-19H2,1-6H3/t26-,27?,31+,32?/m1/s1. The van der Waals surface area contributed by atoms with Crippen molar-refractivity contribution in [2.45, 2.75) is 113 Å².